The number of nitrogens with one attached hydrogen (secondary N) is 2. The van der Waals surface area contributed by atoms with Crippen molar-refractivity contribution in [2.45, 2.75) is 26.2 Å². The summed E-state index contributed by atoms with van der Waals surface area (Å²) in [6, 6.07) is 6.58. The van der Waals surface area contributed by atoms with Crippen molar-refractivity contribution in [1.82, 2.24) is 10.2 Å². The molecule has 0 aliphatic carbocycles. The van der Waals surface area contributed by atoms with Gasteiger partial charge in [0.25, 0.3) is 5.91 Å². The maximum Gasteiger partial charge on any atom is 0.257 e. The van der Waals surface area contributed by atoms with Crippen LogP contribution >= 0.6 is 11.3 Å². The Labute approximate surface area is 138 Å². The molecule has 0 atom stereocenters. The van der Waals surface area contributed by atoms with Gasteiger partial charge in [0.15, 0.2) is 0 Å². The van der Waals surface area contributed by atoms with Crippen LogP contribution < -0.4 is 10.6 Å². The lowest BCUT2D eigenvalue weighted by Gasteiger charge is -2.04. The lowest BCUT2D eigenvalue weighted by Crippen LogP contribution is -2.12. The van der Waals surface area contributed by atoms with Crippen LogP contribution in [0.25, 0.3) is 0 Å². The van der Waals surface area contributed by atoms with Gasteiger partial charge in [0.2, 0.25) is 11.0 Å². The second-order valence-electron chi connectivity index (χ2n) is 4.83. The second kappa shape index (κ2) is 8.19. The molecule has 1 heterocycles. The van der Waals surface area contributed by atoms with Gasteiger partial charge in [-0.15, -0.1) is 10.2 Å². The molecule has 6 nitrogen and oxygen atoms in total. The molecule has 1 aromatic carbocycles. The highest BCUT2D eigenvalue weighted by Crippen LogP contribution is 2.18. The van der Waals surface area contributed by atoms with E-state index in [0.29, 0.717) is 16.4 Å². The van der Waals surface area contributed by atoms with Gasteiger partial charge in [0.1, 0.15) is 5.01 Å². The number of anilines is 2. The van der Waals surface area contributed by atoms with Crippen molar-refractivity contribution in [2.75, 3.05) is 10.6 Å². The number of unbranched alkanes of at least 4 members (excludes halogenated alkanes) is 1. The van der Waals surface area contributed by atoms with Gasteiger partial charge >= 0.3 is 0 Å². The maximum atomic E-state index is 12.2. The minimum absolute atomic E-state index is 0.259. The van der Waals surface area contributed by atoms with Crippen LogP contribution in [0.2, 0.25) is 0 Å². The van der Waals surface area contributed by atoms with Crippen LogP contribution in [-0.4, -0.2) is 22.0 Å². The van der Waals surface area contributed by atoms with Crippen molar-refractivity contribution in [1.29, 1.82) is 0 Å². The van der Waals surface area contributed by atoms with E-state index < -0.39 is 0 Å². The Morgan fingerprint density at radius 1 is 1.22 bits per heavy atom. The van der Waals surface area contributed by atoms with Crippen LogP contribution in [-0.2, 0) is 11.2 Å². The monoisotopic (exact) mass is 330 g/mol. The number of aryl methyl sites for hydroxylation is 1. The molecule has 0 aliphatic heterocycles. The molecule has 2 aromatic rings. The number of aromatic nitrogens is 2. The van der Waals surface area contributed by atoms with Crippen LogP contribution in [0.3, 0.4) is 0 Å². The van der Waals surface area contributed by atoms with Gasteiger partial charge in [-0.25, -0.2) is 0 Å². The molecule has 1 aromatic heterocycles. The Hall–Kier alpha value is -2.54. The third-order valence-corrected chi connectivity index (χ3v) is 3.93. The Kier molecular flexibility index (Phi) is 5.99. The molecule has 0 aliphatic rings. The molecular formula is C16H18N4O2S. The number of hydrogen-bond acceptors (Lipinski definition) is 5. The van der Waals surface area contributed by atoms with Crippen LogP contribution in [0.4, 0.5) is 10.8 Å². The largest absolute Gasteiger partial charge is 0.323 e. The minimum Gasteiger partial charge on any atom is -0.323 e. The van der Waals surface area contributed by atoms with Gasteiger partial charge in [-0.3, -0.25) is 14.9 Å². The molecule has 0 radical (unpaired) electrons. The maximum absolute atomic E-state index is 12.2. The van der Waals surface area contributed by atoms with E-state index in [0.717, 1.165) is 24.3 Å². The fraction of sp³-hybridized carbons (Fsp3) is 0.250. The van der Waals surface area contributed by atoms with Crippen molar-refractivity contribution < 1.29 is 9.59 Å². The van der Waals surface area contributed by atoms with Gasteiger partial charge in [0.05, 0.1) is 0 Å². The summed E-state index contributed by atoms with van der Waals surface area (Å²) in [5.74, 6) is -0.555. The number of benzene rings is 1. The molecular weight excluding hydrogens is 312 g/mol. The highest BCUT2D eigenvalue weighted by Gasteiger charge is 2.10. The van der Waals surface area contributed by atoms with E-state index >= 15 is 0 Å². The van der Waals surface area contributed by atoms with Gasteiger partial charge in [0, 0.05) is 17.7 Å². The Morgan fingerprint density at radius 3 is 2.61 bits per heavy atom. The van der Waals surface area contributed by atoms with E-state index in [2.05, 4.69) is 34.3 Å². The zero-order valence-corrected chi connectivity index (χ0v) is 13.7. The number of nitrogens with zero attached hydrogens (tertiary/aromatic N) is 2. The van der Waals surface area contributed by atoms with Crippen LogP contribution in [0.5, 0.6) is 0 Å². The molecule has 120 valence electrons. The average Bonchev–Trinajstić information content (AvgIpc) is 3.00. The molecule has 7 heteroatoms. The number of hydrogen-bond donors (Lipinski definition) is 2. The quantitative estimate of drug-likeness (QED) is 0.763. The number of rotatable bonds is 7. The first-order valence-corrected chi connectivity index (χ1v) is 8.11. The summed E-state index contributed by atoms with van der Waals surface area (Å²) >= 11 is 1.39. The highest BCUT2D eigenvalue weighted by molar-refractivity contribution is 7.15. The van der Waals surface area contributed by atoms with Gasteiger partial charge in [-0.2, -0.15) is 0 Å². The van der Waals surface area contributed by atoms with Crippen LogP contribution in [0, 0.1) is 0 Å². The normalized spacial score (nSPS) is 10.1. The molecule has 2 amide bonds. The summed E-state index contributed by atoms with van der Waals surface area (Å²) in [4.78, 5) is 23.3. The van der Waals surface area contributed by atoms with Crippen molar-refractivity contribution in [3.8, 4) is 0 Å². The Bertz CT molecular complexity index is 694. The Balaban J connectivity index is 1.96. The molecule has 0 spiro atoms. The lowest BCUT2D eigenvalue weighted by molar-refractivity contribution is -0.111. The van der Waals surface area contributed by atoms with Gasteiger partial charge < -0.3 is 5.32 Å². The smallest absolute Gasteiger partial charge is 0.257 e. The summed E-state index contributed by atoms with van der Waals surface area (Å²) in [5.41, 5.74) is 1.08. The molecule has 0 fully saturated rings. The first kappa shape index (κ1) is 16.8. The molecule has 0 saturated heterocycles. The third-order valence-electron chi connectivity index (χ3n) is 3.03. The van der Waals surface area contributed by atoms with E-state index in [-0.39, 0.29) is 11.8 Å². The SMILES string of the molecule is C=CC(=O)Nc1ccc(C(=O)Nc2nnc(CCCC)s2)cc1. The number of carbonyl (C=O) groups is 2. The topological polar surface area (TPSA) is 84.0 Å². The van der Waals surface area contributed by atoms with Gasteiger partial charge in [-0.1, -0.05) is 31.3 Å². The van der Waals surface area contributed by atoms with Crippen molar-refractivity contribution in [2.24, 2.45) is 0 Å². The summed E-state index contributed by atoms with van der Waals surface area (Å²) in [5, 5.41) is 14.8. The first-order valence-electron chi connectivity index (χ1n) is 7.29. The lowest BCUT2D eigenvalue weighted by atomic mass is 10.2. The fourth-order valence-electron chi connectivity index (χ4n) is 1.80. The van der Waals surface area contributed by atoms with E-state index in [9.17, 15) is 9.59 Å². The molecule has 2 rings (SSSR count). The Morgan fingerprint density at radius 2 is 1.96 bits per heavy atom. The zero-order valence-electron chi connectivity index (χ0n) is 12.8. The molecule has 0 saturated carbocycles. The van der Waals surface area contributed by atoms with Crippen molar-refractivity contribution in [3.63, 3.8) is 0 Å². The van der Waals surface area contributed by atoms with E-state index in [4.69, 9.17) is 0 Å². The minimum atomic E-state index is -0.296. The first-order chi connectivity index (χ1) is 11.1. The number of amides is 2. The van der Waals surface area contributed by atoms with Crippen LogP contribution in [0.1, 0.15) is 35.1 Å². The second-order valence-corrected chi connectivity index (χ2v) is 5.89. The average molecular weight is 330 g/mol. The summed E-state index contributed by atoms with van der Waals surface area (Å²) in [6.07, 6.45) is 4.21. The predicted octanol–water partition coefficient (Wildman–Crippen LogP) is 3.26. The van der Waals surface area contributed by atoms with Crippen molar-refractivity contribution >= 4 is 34.0 Å². The summed E-state index contributed by atoms with van der Waals surface area (Å²) in [6.45, 7) is 5.50. The number of carbonyl (C=O) groups excluding carboxylic acids is 2. The fourth-order valence-corrected chi connectivity index (χ4v) is 2.58. The predicted molar refractivity (Wildman–Crippen MR) is 91.7 cm³/mol. The molecule has 0 unspecified atom stereocenters. The standard InChI is InChI=1S/C16H18N4O2S/c1-3-5-6-14-19-20-16(23-14)18-15(22)11-7-9-12(10-8-11)17-13(21)4-2/h4,7-10H,2-3,5-6H2,1H3,(H,17,21)(H,18,20,22). The van der Waals surface area contributed by atoms with Crippen molar-refractivity contribution in [3.05, 3.63) is 47.5 Å². The van der Waals surface area contributed by atoms with E-state index in [1.165, 1.54) is 17.4 Å². The molecule has 23 heavy (non-hydrogen) atoms. The van der Waals surface area contributed by atoms with E-state index in [1.807, 2.05) is 0 Å². The van der Waals surface area contributed by atoms with E-state index in [1.54, 1.807) is 24.3 Å². The zero-order chi connectivity index (χ0) is 16.7. The van der Waals surface area contributed by atoms with Crippen LogP contribution in [0.15, 0.2) is 36.9 Å². The third kappa shape index (κ3) is 5.00. The molecule has 0 bridgehead atoms. The summed E-state index contributed by atoms with van der Waals surface area (Å²) in [7, 11) is 0. The highest BCUT2D eigenvalue weighted by atomic mass is 32.1. The summed E-state index contributed by atoms with van der Waals surface area (Å²) < 4.78 is 0. The molecule has 2 N–H and O–H groups in total. The van der Waals surface area contributed by atoms with Gasteiger partial charge in [-0.05, 0) is 36.8 Å².